The number of benzene rings is 2. The summed E-state index contributed by atoms with van der Waals surface area (Å²) in [5.74, 6) is 3.42. The highest BCUT2D eigenvalue weighted by Crippen LogP contribution is 2.57. The normalized spacial score (nSPS) is 14.8. The molecule has 2 aromatic rings. The van der Waals surface area contributed by atoms with E-state index in [1.54, 1.807) is 11.6 Å². The molecule has 0 fully saturated rings. The molecule has 0 saturated carbocycles. The van der Waals surface area contributed by atoms with Crippen LogP contribution >= 0.6 is 30.5 Å². The van der Waals surface area contributed by atoms with Crippen molar-refractivity contribution in [1.82, 2.24) is 4.67 Å². The molecule has 0 aromatic heterocycles. The second-order valence-electron chi connectivity index (χ2n) is 7.02. The van der Waals surface area contributed by atoms with Crippen molar-refractivity contribution < 1.29 is 4.57 Å². The number of unbranched alkanes of at least 4 members (excludes halogenated alkanes) is 2. The Kier molecular flexibility index (Phi) is 10.2. The van der Waals surface area contributed by atoms with E-state index in [1.165, 1.54) is 0 Å². The van der Waals surface area contributed by atoms with E-state index in [9.17, 15) is 4.57 Å². The predicted molar refractivity (Wildman–Crippen MR) is 130 cm³/mol. The van der Waals surface area contributed by atoms with E-state index in [4.69, 9.17) is 23.2 Å². The minimum atomic E-state index is -3.09. The Morgan fingerprint density at radius 3 is 1.52 bits per heavy atom. The van der Waals surface area contributed by atoms with Crippen LogP contribution in [0.4, 0.5) is 0 Å². The van der Waals surface area contributed by atoms with Crippen LogP contribution in [0.2, 0.25) is 0 Å². The molecule has 0 spiro atoms. The molecule has 0 aliphatic rings. The number of hydrogen-bond acceptors (Lipinski definition) is 1. The van der Waals surface area contributed by atoms with Gasteiger partial charge in [0.25, 0.3) is 0 Å². The summed E-state index contributed by atoms with van der Waals surface area (Å²) in [6.07, 6.45) is 4.02. The fourth-order valence-electron chi connectivity index (χ4n) is 2.97. The summed E-state index contributed by atoms with van der Waals surface area (Å²) in [5.41, 5.74) is 1.70. The molecule has 0 atom stereocenters. The zero-order chi connectivity index (χ0) is 21.1. The number of hydrogen-bond donors (Lipinski definition) is 0. The summed E-state index contributed by atoms with van der Waals surface area (Å²) in [5, 5.41) is 0.974. The van der Waals surface area contributed by atoms with Gasteiger partial charge in [-0.1, -0.05) is 111 Å². The van der Waals surface area contributed by atoms with Crippen LogP contribution in [0.1, 0.15) is 50.7 Å². The summed E-state index contributed by atoms with van der Waals surface area (Å²) >= 11 is 13.2. The van der Waals surface area contributed by atoms with Crippen LogP contribution in [0.25, 0.3) is 10.1 Å². The van der Waals surface area contributed by atoms with Crippen molar-refractivity contribution in [2.75, 3.05) is 13.1 Å². The molecular weight excluding hydrogens is 420 g/mol. The number of halogens is 2. The Morgan fingerprint density at radius 1 is 0.793 bits per heavy atom. The molecule has 0 unspecified atom stereocenters. The fraction of sp³-hybridized carbons (Fsp3) is 0.333. The molecule has 0 radical (unpaired) electrons. The molecule has 2 rings (SSSR count). The van der Waals surface area contributed by atoms with Gasteiger partial charge in [0.15, 0.2) is 7.29 Å². The van der Waals surface area contributed by atoms with E-state index in [0.29, 0.717) is 10.1 Å². The molecule has 0 heterocycles. The van der Waals surface area contributed by atoms with Gasteiger partial charge in [0.2, 0.25) is 0 Å². The van der Waals surface area contributed by atoms with Gasteiger partial charge in [0.1, 0.15) is 0 Å². The van der Waals surface area contributed by atoms with E-state index in [1.807, 2.05) is 60.7 Å². The lowest BCUT2D eigenvalue weighted by atomic mass is 10.2. The molecule has 156 valence electrons. The van der Waals surface area contributed by atoms with Crippen molar-refractivity contribution in [2.24, 2.45) is 0 Å². The van der Waals surface area contributed by atoms with Crippen molar-refractivity contribution in [3.63, 3.8) is 0 Å². The van der Waals surface area contributed by atoms with E-state index in [0.717, 1.165) is 49.9 Å². The highest BCUT2D eigenvalue weighted by Gasteiger charge is 2.27. The summed E-state index contributed by atoms with van der Waals surface area (Å²) in [4.78, 5) is 0. The van der Waals surface area contributed by atoms with Gasteiger partial charge in [-0.15, -0.1) is 0 Å². The van der Waals surface area contributed by atoms with E-state index in [2.05, 4.69) is 18.5 Å². The van der Waals surface area contributed by atoms with Gasteiger partial charge in [-0.2, -0.15) is 0 Å². The van der Waals surface area contributed by atoms with Crippen molar-refractivity contribution in [2.45, 2.75) is 39.5 Å². The van der Waals surface area contributed by atoms with Gasteiger partial charge in [0, 0.05) is 24.7 Å². The summed E-state index contributed by atoms with van der Waals surface area (Å²) < 4.78 is 16.4. The zero-order valence-electron chi connectivity index (χ0n) is 17.2. The van der Waals surface area contributed by atoms with Crippen LogP contribution < -0.4 is 0 Å². The summed E-state index contributed by atoms with van der Waals surface area (Å²) in [6.45, 7) is 5.78. The SMILES string of the molecule is CCCCN(CCCC)P(=O)(C=C(Cl)c1ccccc1)C=C(Cl)c1ccccc1. The van der Waals surface area contributed by atoms with Crippen molar-refractivity contribution in [3.05, 3.63) is 83.4 Å². The van der Waals surface area contributed by atoms with Gasteiger partial charge < -0.3 is 0 Å². The Balaban J connectivity index is 2.51. The van der Waals surface area contributed by atoms with Crippen LogP contribution in [-0.2, 0) is 4.57 Å². The van der Waals surface area contributed by atoms with E-state index < -0.39 is 7.29 Å². The standard InChI is InChI=1S/C24H30Cl2NOP/c1-3-5-17-27(18-6-4-2)29(28,19-23(25)21-13-9-7-10-14-21)20-24(26)22-15-11-8-12-16-22/h7-16,19-20H,3-6,17-18H2,1-2H3. The Bertz CT molecular complexity index is 782. The van der Waals surface area contributed by atoms with Gasteiger partial charge in [-0.25, -0.2) is 4.67 Å². The van der Waals surface area contributed by atoms with Crippen molar-refractivity contribution in [3.8, 4) is 0 Å². The monoisotopic (exact) mass is 449 g/mol. The van der Waals surface area contributed by atoms with Gasteiger partial charge in [-0.05, 0) is 24.0 Å². The first-order valence-electron chi connectivity index (χ1n) is 10.2. The average Bonchev–Trinajstić information content (AvgIpc) is 2.74. The molecular formula is C24H30Cl2NOP. The number of nitrogens with zero attached hydrogens (tertiary/aromatic N) is 1. The van der Waals surface area contributed by atoms with Gasteiger partial charge >= 0.3 is 0 Å². The van der Waals surface area contributed by atoms with E-state index in [-0.39, 0.29) is 0 Å². The Morgan fingerprint density at radius 2 is 1.17 bits per heavy atom. The predicted octanol–water partition coefficient (Wildman–Crippen LogP) is 8.64. The van der Waals surface area contributed by atoms with Crippen LogP contribution in [0, 0.1) is 0 Å². The zero-order valence-corrected chi connectivity index (χ0v) is 19.6. The van der Waals surface area contributed by atoms with Crippen molar-refractivity contribution >= 4 is 40.6 Å². The van der Waals surface area contributed by atoms with E-state index >= 15 is 0 Å². The molecule has 2 nitrogen and oxygen atoms in total. The maximum atomic E-state index is 14.3. The first-order chi connectivity index (χ1) is 14.0. The lowest BCUT2D eigenvalue weighted by Gasteiger charge is -2.28. The second kappa shape index (κ2) is 12.4. The molecule has 0 saturated heterocycles. The van der Waals surface area contributed by atoms with Crippen LogP contribution in [0.5, 0.6) is 0 Å². The van der Waals surface area contributed by atoms with Gasteiger partial charge in [-0.3, -0.25) is 4.57 Å². The molecule has 2 aromatic carbocycles. The summed E-state index contributed by atoms with van der Waals surface area (Å²) in [6, 6.07) is 19.3. The third kappa shape index (κ3) is 7.46. The van der Waals surface area contributed by atoms with Crippen LogP contribution in [-0.4, -0.2) is 17.8 Å². The first-order valence-corrected chi connectivity index (χ1v) is 12.8. The lowest BCUT2D eigenvalue weighted by Crippen LogP contribution is -2.21. The molecule has 0 aliphatic heterocycles. The lowest BCUT2D eigenvalue weighted by molar-refractivity contribution is 0.403. The average molecular weight is 450 g/mol. The molecule has 0 amide bonds. The summed E-state index contributed by atoms with van der Waals surface area (Å²) in [7, 11) is -3.09. The highest BCUT2D eigenvalue weighted by molar-refractivity contribution is 7.68. The minimum Gasteiger partial charge on any atom is -0.297 e. The number of rotatable bonds is 11. The molecule has 29 heavy (non-hydrogen) atoms. The minimum absolute atomic E-state index is 0.487. The quantitative estimate of drug-likeness (QED) is 0.319. The van der Waals surface area contributed by atoms with Crippen LogP contribution in [0.3, 0.4) is 0 Å². The first kappa shape index (κ1) is 24.0. The van der Waals surface area contributed by atoms with Crippen LogP contribution in [0.15, 0.2) is 72.3 Å². The van der Waals surface area contributed by atoms with Gasteiger partial charge in [0.05, 0.1) is 10.1 Å². The topological polar surface area (TPSA) is 20.3 Å². The fourth-order valence-corrected chi connectivity index (χ4v) is 6.32. The molecule has 0 N–H and O–H groups in total. The Labute approximate surface area is 185 Å². The smallest absolute Gasteiger partial charge is 0.196 e. The third-order valence-electron chi connectivity index (χ3n) is 4.68. The third-order valence-corrected chi connectivity index (χ3v) is 8.18. The second-order valence-corrected chi connectivity index (χ2v) is 10.3. The molecule has 0 aliphatic carbocycles. The largest absolute Gasteiger partial charge is 0.297 e. The van der Waals surface area contributed by atoms with Crippen molar-refractivity contribution in [1.29, 1.82) is 0 Å². The maximum Gasteiger partial charge on any atom is 0.196 e. The maximum absolute atomic E-state index is 14.3. The molecule has 0 bridgehead atoms. The Hall–Kier alpha value is -1.31. The highest BCUT2D eigenvalue weighted by atomic mass is 35.5. The molecule has 5 heteroatoms.